The molecule has 1 amide bonds. The lowest BCUT2D eigenvalue weighted by Gasteiger charge is -2.33. The zero-order valence-corrected chi connectivity index (χ0v) is 15.6. The van der Waals surface area contributed by atoms with E-state index in [0.29, 0.717) is 6.54 Å². The van der Waals surface area contributed by atoms with Gasteiger partial charge in [0.2, 0.25) is 5.91 Å². The minimum absolute atomic E-state index is 0.00741. The first-order chi connectivity index (χ1) is 12.4. The summed E-state index contributed by atoms with van der Waals surface area (Å²) < 4.78 is 1.25. The van der Waals surface area contributed by atoms with E-state index in [0.717, 1.165) is 30.9 Å². The van der Waals surface area contributed by atoms with E-state index in [1.54, 1.807) is 6.07 Å². The van der Waals surface area contributed by atoms with E-state index in [1.165, 1.54) is 16.3 Å². The van der Waals surface area contributed by atoms with E-state index >= 15 is 0 Å². The monoisotopic (exact) mass is 355 g/mol. The SMILES string of the molecule is Cc1ccc(=O)n(CC(=O)N2CCC[C@H](c3ccnc(N(C)C)c3)C2)n1. The molecule has 0 spiro atoms. The second-order valence-corrected chi connectivity index (χ2v) is 6.99. The largest absolute Gasteiger partial charge is 0.363 e. The van der Waals surface area contributed by atoms with Crippen molar-refractivity contribution in [1.82, 2.24) is 19.7 Å². The van der Waals surface area contributed by atoms with Gasteiger partial charge in [0.1, 0.15) is 12.4 Å². The van der Waals surface area contributed by atoms with Gasteiger partial charge in [-0.2, -0.15) is 5.10 Å². The molecule has 0 radical (unpaired) electrons. The molecule has 138 valence electrons. The van der Waals surface area contributed by atoms with Crippen LogP contribution in [0.5, 0.6) is 0 Å². The van der Waals surface area contributed by atoms with Crippen molar-refractivity contribution >= 4 is 11.7 Å². The third-order valence-corrected chi connectivity index (χ3v) is 4.76. The molecule has 1 saturated heterocycles. The lowest BCUT2D eigenvalue weighted by molar-refractivity contribution is -0.133. The highest BCUT2D eigenvalue weighted by Crippen LogP contribution is 2.28. The molecule has 7 heteroatoms. The Balaban J connectivity index is 1.72. The number of nitrogens with zero attached hydrogens (tertiary/aromatic N) is 5. The first-order valence-corrected chi connectivity index (χ1v) is 8.90. The zero-order chi connectivity index (χ0) is 18.7. The van der Waals surface area contributed by atoms with Gasteiger partial charge in [-0.1, -0.05) is 0 Å². The van der Waals surface area contributed by atoms with Crippen molar-refractivity contribution in [3.63, 3.8) is 0 Å². The maximum atomic E-state index is 12.7. The number of anilines is 1. The molecule has 1 fully saturated rings. The van der Waals surface area contributed by atoms with Gasteiger partial charge in [0.15, 0.2) is 0 Å². The van der Waals surface area contributed by atoms with Crippen molar-refractivity contribution in [3.05, 3.63) is 52.1 Å². The summed E-state index contributed by atoms with van der Waals surface area (Å²) >= 11 is 0. The fourth-order valence-corrected chi connectivity index (χ4v) is 3.30. The molecule has 0 unspecified atom stereocenters. The molecule has 0 bridgehead atoms. The summed E-state index contributed by atoms with van der Waals surface area (Å²) in [4.78, 5) is 32.8. The van der Waals surface area contributed by atoms with Gasteiger partial charge in [-0.3, -0.25) is 9.59 Å². The summed E-state index contributed by atoms with van der Waals surface area (Å²) in [5.41, 5.74) is 1.68. The van der Waals surface area contributed by atoms with E-state index in [4.69, 9.17) is 0 Å². The fraction of sp³-hybridized carbons (Fsp3) is 0.474. The number of amides is 1. The van der Waals surface area contributed by atoms with Crippen molar-refractivity contribution in [3.8, 4) is 0 Å². The third kappa shape index (κ3) is 4.09. The van der Waals surface area contributed by atoms with Crippen molar-refractivity contribution in [2.75, 3.05) is 32.1 Å². The number of carbonyl (C=O) groups excluding carboxylic acids is 1. The van der Waals surface area contributed by atoms with Crippen LogP contribution in [-0.2, 0) is 11.3 Å². The van der Waals surface area contributed by atoms with Crippen molar-refractivity contribution in [2.24, 2.45) is 0 Å². The Bertz CT molecular complexity index is 846. The van der Waals surface area contributed by atoms with Gasteiger partial charge >= 0.3 is 0 Å². The standard InChI is InChI=1S/C19H25N5O2/c1-14-6-7-18(25)24(21-14)13-19(26)23-10-4-5-16(12-23)15-8-9-20-17(11-15)22(2)3/h6-9,11,16H,4-5,10,12-13H2,1-3H3/t16-/m0/s1. The number of carbonyl (C=O) groups is 1. The summed E-state index contributed by atoms with van der Waals surface area (Å²) in [6.45, 7) is 3.19. The minimum Gasteiger partial charge on any atom is -0.363 e. The molecule has 0 aliphatic carbocycles. The molecule has 2 aromatic rings. The maximum absolute atomic E-state index is 12.7. The summed E-state index contributed by atoms with van der Waals surface area (Å²) in [6.07, 6.45) is 3.82. The number of piperidine rings is 1. The molecule has 1 atom stereocenters. The van der Waals surface area contributed by atoms with E-state index in [2.05, 4.69) is 16.1 Å². The molecule has 7 nitrogen and oxygen atoms in total. The average molecular weight is 355 g/mol. The lowest BCUT2D eigenvalue weighted by Crippen LogP contribution is -2.42. The molecule has 1 aliphatic rings. The Morgan fingerprint density at radius 1 is 1.31 bits per heavy atom. The Hall–Kier alpha value is -2.70. The zero-order valence-electron chi connectivity index (χ0n) is 15.6. The normalized spacial score (nSPS) is 17.2. The van der Waals surface area contributed by atoms with Crippen LogP contribution in [0.2, 0.25) is 0 Å². The van der Waals surface area contributed by atoms with Crippen LogP contribution < -0.4 is 10.5 Å². The summed E-state index contributed by atoms with van der Waals surface area (Å²) in [6, 6.07) is 7.23. The molecule has 26 heavy (non-hydrogen) atoms. The van der Waals surface area contributed by atoms with E-state index in [9.17, 15) is 9.59 Å². The highest BCUT2D eigenvalue weighted by atomic mass is 16.2. The molecule has 0 saturated carbocycles. The van der Waals surface area contributed by atoms with Crippen LogP contribution in [0.25, 0.3) is 0 Å². The summed E-state index contributed by atoms with van der Waals surface area (Å²) in [5, 5.41) is 4.16. The average Bonchev–Trinajstić information content (AvgIpc) is 2.65. The molecular formula is C19H25N5O2. The van der Waals surface area contributed by atoms with Crippen LogP contribution in [-0.4, -0.2) is 52.8 Å². The maximum Gasteiger partial charge on any atom is 0.267 e. The van der Waals surface area contributed by atoms with Crippen molar-refractivity contribution in [1.29, 1.82) is 0 Å². The Kier molecular flexibility index (Phi) is 5.35. The second kappa shape index (κ2) is 7.68. The van der Waals surface area contributed by atoms with Gasteiger partial charge in [-0.15, -0.1) is 0 Å². The smallest absolute Gasteiger partial charge is 0.267 e. The summed E-state index contributed by atoms with van der Waals surface area (Å²) in [7, 11) is 3.94. The fourth-order valence-electron chi connectivity index (χ4n) is 3.30. The number of hydrogen-bond acceptors (Lipinski definition) is 5. The topological polar surface area (TPSA) is 71.3 Å². The van der Waals surface area contributed by atoms with E-state index in [1.807, 2.05) is 43.1 Å². The van der Waals surface area contributed by atoms with E-state index < -0.39 is 0 Å². The van der Waals surface area contributed by atoms with Crippen LogP contribution in [0.15, 0.2) is 35.3 Å². The Morgan fingerprint density at radius 2 is 2.12 bits per heavy atom. The minimum atomic E-state index is -0.248. The molecule has 0 N–H and O–H groups in total. The van der Waals surface area contributed by atoms with Gasteiger partial charge in [0.25, 0.3) is 5.56 Å². The van der Waals surface area contributed by atoms with Crippen LogP contribution in [0.1, 0.15) is 30.0 Å². The van der Waals surface area contributed by atoms with Crippen LogP contribution in [0, 0.1) is 6.92 Å². The van der Waals surface area contributed by atoms with Gasteiger partial charge in [-0.05, 0) is 43.5 Å². The highest BCUT2D eigenvalue weighted by Gasteiger charge is 2.25. The molecule has 1 aliphatic heterocycles. The Labute approximate surface area is 153 Å². The first kappa shape index (κ1) is 18.1. The predicted octanol–water partition coefficient (Wildman–Crippen LogP) is 1.42. The highest BCUT2D eigenvalue weighted by molar-refractivity contribution is 5.76. The van der Waals surface area contributed by atoms with Crippen LogP contribution in [0.3, 0.4) is 0 Å². The number of hydrogen-bond donors (Lipinski definition) is 0. The molecule has 3 rings (SSSR count). The van der Waals surface area contributed by atoms with Gasteiger partial charge in [0, 0.05) is 45.4 Å². The molecule has 0 aromatic carbocycles. The number of aromatic nitrogens is 3. The number of aryl methyl sites for hydroxylation is 1. The lowest BCUT2D eigenvalue weighted by atomic mass is 9.91. The predicted molar refractivity (Wildman–Crippen MR) is 100 cm³/mol. The van der Waals surface area contributed by atoms with E-state index in [-0.39, 0.29) is 23.9 Å². The number of likely N-dealkylation sites (tertiary alicyclic amines) is 1. The van der Waals surface area contributed by atoms with Crippen molar-refractivity contribution < 1.29 is 4.79 Å². The van der Waals surface area contributed by atoms with Crippen molar-refractivity contribution in [2.45, 2.75) is 32.2 Å². The second-order valence-electron chi connectivity index (χ2n) is 6.99. The number of rotatable bonds is 4. The number of pyridine rings is 1. The van der Waals surface area contributed by atoms with Crippen LogP contribution >= 0.6 is 0 Å². The third-order valence-electron chi connectivity index (χ3n) is 4.76. The quantitative estimate of drug-likeness (QED) is 0.829. The molecular weight excluding hydrogens is 330 g/mol. The Morgan fingerprint density at radius 3 is 2.88 bits per heavy atom. The molecule has 3 heterocycles. The summed E-state index contributed by atoms with van der Waals surface area (Å²) in [5.74, 6) is 1.15. The van der Waals surface area contributed by atoms with Gasteiger partial charge in [0.05, 0.1) is 5.69 Å². The van der Waals surface area contributed by atoms with Crippen LogP contribution in [0.4, 0.5) is 5.82 Å². The van der Waals surface area contributed by atoms with Gasteiger partial charge in [-0.25, -0.2) is 9.67 Å². The molecule has 2 aromatic heterocycles. The van der Waals surface area contributed by atoms with Gasteiger partial charge < -0.3 is 9.80 Å². The first-order valence-electron chi connectivity index (χ1n) is 8.90.